The van der Waals surface area contributed by atoms with E-state index in [4.69, 9.17) is 10.2 Å². The summed E-state index contributed by atoms with van der Waals surface area (Å²) >= 11 is 0. The van der Waals surface area contributed by atoms with Crippen molar-refractivity contribution in [1.82, 2.24) is 0 Å². The summed E-state index contributed by atoms with van der Waals surface area (Å²) in [5.74, 6) is -0.885. The number of aliphatic hydroxyl groups excluding tert-OH is 1. The molecule has 0 radical (unpaired) electrons. The Kier molecular flexibility index (Phi) is 7.30. The zero-order chi connectivity index (χ0) is 10.1. The molecule has 3 nitrogen and oxygen atoms in total. The van der Waals surface area contributed by atoms with E-state index in [9.17, 15) is 4.79 Å². The lowest BCUT2D eigenvalue weighted by molar-refractivity contribution is -0.131. The number of hydrogen-bond acceptors (Lipinski definition) is 2. The molecule has 0 aromatic carbocycles. The molecule has 1 atom stereocenters. The van der Waals surface area contributed by atoms with Gasteiger partial charge in [0, 0.05) is 6.08 Å². The SMILES string of the molecule is CC(O)CCCCC/C=C/C(=O)O. The molecule has 0 saturated heterocycles. The van der Waals surface area contributed by atoms with Crippen LogP contribution in [0.1, 0.15) is 39.0 Å². The minimum Gasteiger partial charge on any atom is -0.478 e. The number of carbonyl (C=O) groups is 1. The third-order valence-corrected chi connectivity index (χ3v) is 1.75. The standard InChI is InChI=1S/C10H18O3/c1-9(11)7-5-3-2-4-6-8-10(12)13/h6,8-9,11H,2-5,7H2,1H3,(H,12,13)/b8-6+. The van der Waals surface area contributed by atoms with E-state index in [1.807, 2.05) is 0 Å². The van der Waals surface area contributed by atoms with Crippen molar-refractivity contribution in [1.29, 1.82) is 0 Å². The van der Waals surface area contributed by atoms with Crippen LogP contribution in [0.25, 0.3) is 0 Å². The largest absolute Gasteiger partial charge is 0.478 e. The van der Waals surface area contributed by atoms with E-state index < -0.39 is 5.97 Å². The molecule has 0 fully saturated rings. The number of aliphatic hydroxyl groups is 1. The maximum absolute atomic E-state index is 10.1. The van der Waals surface area contributed by atoms with Crippen LogP contribution >= 0.6 is 0 Å². The normalized spacial score (nSPS) is 13.4. The van der Waals surface area contributed by atoms with Crippen LogP contribution in [0.2, 0.25) is 0 Å². The molecule has 0 aromatic heterocycles. The average molecular weight is 186 g/mol. The van der Waals surface area contributed by atoms with Crippen molar-refractivity contribution < 1.29 is 15.0 Å². The van der Waals surface area contributed by atoms with Crippen LogP contribution in [0.4, 0.5) is 0 Å². The quantitative estimate of drug-likeness (QED) is 0.472. The zero-order valence-electron chi connectivity index (χ0n) is 8.07. The average Bonchev–Trinajstić information content (AvgIpc) is 2.01. The van der Waals surface area contributed by atoms with Gasteiger partial charge in [-0.1, -0.05) is 18.9 Å². The van der Waals surface area contributed by atoms with Gasteiger partial charge in [0.25, 0.3) is 0 Å². The fourth-order valence-electron chi connectivity index (χ4n) is 1.06. The van der Waals surface area contributed by atoms with Gasteiger partial charge in [0.05, 0.1) is 6.10 Å². The number of rotatable bonds is 7. The fourth-order valence-corrected chi connectivity index (χ4v) is 1.06. The Morgan fingerprint density at radius 3 is 2.62 bits per heavy atom. The summed E-state index contributed by atoms with van der Waals surface area (Å²) in [5.41, 5.74) is 0. The Bertz CT molecular complexity index is 162. The van der Waals surface area contributed by atoms with Crippen LogP contribution in [0.3, 0.4) is 0 Å². The fraction of sp³-hybridized carbons (Fsp3) is 0.700. The maximum Gasteiger partial charge on any atom is 0.327 e. The van der Waals surface area contributed by atoms with E-state index in [-0.39, 0.29) is 6.10 Å². The highest BCUT2D eigenvalue weighted by Crippen LogP contribution is 2.05. The molecule has 3 heteroatoms. The van der Waals surface area contributed by atoms with E-state index in [2.05, 4.69) is 0 Å². The molecule has 0 aliphatic carbocycles. The van der Waals surface area contributed by atoms with Gasteiger partial charge in [-0.05, 0) is 26.2 Å². The van der Waals surface area contributed by atoms with Gasteiger partial charge in [-0.2, -0.15) is 0 Å². The van der Waals surface area contributed by atoms with Gasteiger partial charge in [0.2, 0.25) is 0 Å². The summed E-state index contributed by atoms with van der Waals surface area (Å²) in [5, 5.41) is 17.2. The highest BCUT2D eigenvalue weighted by molar-refractivity contribution is 5.79. The smallest absolute Gasteiger partial charge is 0.327 e. The van der Waals surface area contributed by atoms with Crippen LogP contribution < -0.4 is 0 Å². The van der Waals surface area contributed by atoms with Crippen LogP contribution in [0.15, 0.2) is 12.2 Å². The van der Waals surface area contributed by atoms with Crippen molar-refractivity contribution in [2.75, 3.05) is 0 Å². The topological polar surface area (TPSA) is 57.5 Å². The molecule has 0 amide bonds. The first-order valence-corrected chi connectivity index (χ1v) is 4.70. The number of carboxylic acids is 1. The molecule has 0 spiro atoms. The molecule has 0 saturated carbocycles. The third kappa shape index (κ3) is 11.2. The lowest BCUT2D eigenvalue weighted by atomic mass is 10.1. The van der Waals surface area contributed by atoms with E-state index in [1.54, 1.807) is 13.0 Å². The molecule has 0 aromatic rings. The first-order chi connectivity index (χ1) is 6.13. The lowest BCUT2D eigenvalue weighted by Gasteiger charge is -2.01. The number of unbranched alkanes of at least 4 members (excludes halogenated alkanes) is 3. The van der Waals surface area contributed by atoms with E-state index in [0.29, 0.717) is 0 Å². The summed E-state index contributed by atoms with van der Waals surface area (Å²) in [4.78, 5) is 10.1. The highest BCUT2D eigenvalue weighted by atomic mass is 16.4. The first kappa shape index (κ1) is 12.2. The van der Waals surface area contributed by atoms with E-state index in [0.717, 1.165) is 32.1 Å². The molecule has 0 rings (SSSR count). The summed E-state index contributed by atoms with van der Waals surface area (Å²) in [6.07, 6.45) is 7.34. The van der Waals surface area contributed by atoms with Crippen molar-refractivity contribution in [2.45, 2.75) is 45.1 Å². The number of hydrogen-bond donors (Lipinski definition) is 2. The zero-order valence-corrected chi connectivity index (χ0v) is 8.07. The Balaban J connectivity index is 3.13. The van der Waals surface area contributed by atoms with Gasteiger partial charge in [0.15, 0.2) is 0 Å². The van der Waals surface area contributed by atoms with Crippen LogP contribution in [-0.4, -0.2) is 22.3 Å². The molecule has 0 heterocycles. The van der Waals surface area contributed by atoms with Gasteiger partial charge < -0.3 is 10.2 Å². The lowest BCUT2D eigenvalue weighted by Crippen LogP contribution is -1.97. The van der Waals surface area contributed by atoms with Crippen molar-refractivity contribution in [3.05, 3.63) is 12.2 Å². The summed E-state index contributed by atoms with van der Waals surface area (Å²) in [6, 6.07) is 0. The number of allylic oxidation sites excluding steroid dienone is 1. The highest BCUT2D eigenvalue weighted by Gasteiger charge is 1.94. The second-order valence-corrected chi connectivity index (χ2v) is 3.23. The predicted octanol–water partition coefficient (Wildman–Crippen LogP) is 1.96. The molecule has 0 aliphatic heterocycles. The van der Waals surface area contributed by atoms with Crippen molar-refractivity contribution in [2.24, 2.45) is 0 Å². The third-order valence-electron chi connectivity index (χ3n) is 1.75. The second-order valence-electron chi connectivity index (χ2n) is 3.23. The molecule has 0 aliphatic rings. The minimum atomic E-state index is -0.885. The Hall–Kier alpha value is -0.830. The predicted molar refractivity (Wildman–Crippen MR) is 51.5 cm³/mol. The van der Waals surface area contributed by atoms with Gasteiger partial charge in [-0.15, -0.1) is 0 Å². The van der Waals surface area contributed by atoms with Crippen LogP contribution in [0.5, 0.6) is 0 Å². The molecule has 13 heavy (non-hydrogen) atoms. The molecule has 0 bridgehead atoms. The molecular weight excluding hydrogens is 168 g/mol. The number of aliphatic carboxylic acids is 1. The Morgan fingerprint density at radius 1 is 1.38 bits per heavy atom. The van der Waals surface area contributed by atoms with Gasteiger partial charge >= 0.3 is 5.97 Å². The summed E-state index contributed by atoms with van der Waals surface area (Å²) in [7, 11) is 0. The van der Waals surface area contributed by atoms with E-state index >= 15 is 0 Å². The van der Waals surface area contributed by atoms with E-state index in [1.165, 1.54) is 6.08 Å². The maximum atomic E-state index is 10.1. The molecular formula is C10H18O3. The van der Waals surface area contributed by atoms with Crippen LogP contribution in [-0.2, 0) is 4.79 Å². The van der Waals surface area contributed by atoms with Crippen molar-refractivity contribution >= 4 is 5.97 Å². The Morgan fingerprint density at radius 2 is 2.08 bits per heavy atom. The van der Waals surface area contributed by atoms with Gasteiger partial charge in [-0.25, -0.2) is 4.79 Å². The summed E-state index contributed by atoms with van der Waals surface area (Å²) in [6.45, 7) is 1.78. The van der Waals surface area contributed by atoms with Crippen molar-refractivity contribution in [3.63, 3.8) is 0 Å². The first-order valence-electron chi connectivity index (χ1n) is 4.70. The Labute approximate surface area is 79.1 Å². The number of carboxylic acid groups (broad SMARTS) is 1. The molecule has 76 valence electrons. The van der Waals surface area contributed by atoms with Crippen molar-refractivity contribution in [3.8, 4) is 0 Å². The molecule has 1 unspecified atom stereocenters. The molecule has 2 N–H and O–H groups in total. The summed E-state index contributed by atoms with van der Waals surface area (Å²) < 4.78 is 0. The van der Waals surface area contributed by atoms with Gasteiger partial charge in [-0.3, -0.25) is 0 Å². The minimum absolute atomic E-state index is 0.213. The van der Waals surface area contributed by atoms with Crippen LogP contribution in [0, 0.1) is 0 Å². The van der Waals surface area contributed by atoms with Gasteiger partial charge in [0.1, 0.15) is 0 Å². The second kappa shape index (κ2) is 7.80. The monoisotopic (exact) mass is 186 g/mol.